The molecule has 0 aliphatic carbocycles. The molecule has 5 rings (SSSR count). The van der Waals surface area contributed by atoms with Crippen molar-refractivity contribution in [3.63, 3.8) is 0 Å². The standard InChI is InChI=1S/C23H15N3O5/c27-23-18-3-1-2-4-19(18)24-22(25(23)16-7-9-17(10-8-16)26(28)29)12-6-15-5-11-20-21(13-15)31-14-30-20/h1-13H,14H2/b12-6+. The average molecular weight is 413 g/mol. The maximum Gasteiger partial charge on any atom is 0.269 e. The van der Waals surface area contributed by atoms with Gasteiger partial charge >= 0.3 is 0 Å². The van der Waals surface area contributed by atoms with E-state index < -0.39 is 4.92 Å². The number of hydrogen-bond donors (Lipinski definition) is 0. The number of fused-ring (bicyclic) bond motifs is 2. The Morgan fingerprint density at radius 2 is 1.74 bits per heavy atom. The zero-order chi connectivity index (χ0) is 21.4. The highest BCUT2D eigenvalue weighted by Gasteiger charge is 2.14. The van der Waals surface area contributed by atoms with Gasteiger partial charge in [0.2, 0.25) is 6.79 Å². The lowest BCUT2D eigenvalue weighted by molar-refractivity contribution is -0.384. The highest BCUT2D eigenvalue weighted by Crippen LogP contribution is 2.33. The molecule has 0 spiro atoms. The van der Waals surface area contributed by atoms with Crippen molar-refractivity contribution in [3.05, 3.63) is 98.6 Å². The van der Waals surface area contributed by atoms with Crippen molar-refractivity contribution < 1.29 is 14.4 Å². The third kappa shape index (κ3) is 3.40. The van der Waals surface area contributed by atoms with Gasteiger partial charge in [-0.25, -0.2) is 4.98 Å². The number of nitro benzene ring substituents is 1. The molecule has 1 aliphatic rings. The van der Waals surface area contributed by atoms with Crippen LogP contribution >= 0.6 is 0 Å². The van der Waals surface area contributed by atoms with Crippen LogP contribution in [-0.4, -0.2) is 21.3 Å². The van der Waals surface area contributed by atoms with Crippen LogP contribution in [0.4, 0.5) is 5.69 Å². The fourth-order valence-corrected chi connectivity index (χ4v) is 3.42. The lowest BCUT2D eigenvalue weighted by Gasteiger charge is -2.11. The summed E-state index contributed by atoms with van der Waals surface area (Å²) in [6, 6.07) is 18.4. The second-order valence-corrected chi connectivity index (χ2v) is 6.85. The Morgan fingerprint density at radius 1 is 0.968 bits per heavy atom. The quantitative estimate of drug-likeness (QED) is 0.368. The number of hydrogen-bond acceptors (Lipinski definition) is 6. The summed E-state index contributed by atoms with van der Waals surface area (Å²) < 4.78 is 12.2. The van der Waals surface area contributed by atoms with E-state index >= 15 is 0 Å². The minimum absolute atomic E-state index is 0.0528. The van der Waals surface area contributed by atoms with Crippen LogP contribution in [0.3, 0.4) is 0 Å². The van der Waals surface area contributed by atoms with Gasteiger partial charge in [-0.15, -0.1) is 0 Å². The third-order valence-electron chi connectivity index (χ3n) is 4.94. The Bertz CT molecular complexity index is 1410. The SMILES string of the molecule is O=c1c2ccccc2nc(/C=C/c2ccc3c(c2)OCO3)n1-c1ccc([N+](=O)[O-])cc1. The van der Waals surface area contributed by atoms with Gasteiger partial charge in [0, 0.05) is 12.1 Å². The second kappa shape index (κ2) is 7.42. The lowest BCUT2D eigenvalue weighted by atomic mass is 10.1. The monoisotopic (exact) mass is 413 g/mol. The largest absolute Gasteiger partial charge is 0.454 e. The molecule has 0 bridgehead atoms. The molecule has 0 fully saturated rings. The highest BCUT2D eigenvalue weighted by molar-refractivity contribution is 5.80. The first-order valence-electron chi connectivity index (χ1n) is 9.44. The van der Waals surface area contributed by atoms with Crippen molar-refractivity contribution >= 4 is 28.7 Å². The van der Waals surface area contributed by atoms with E-state index in [1.807, 2.05) is 30.3 Å². The van der Waals surface area contributed by atoms with Crippen LogP contribution < -0.4 is 15.0 Å². The van der Waals surface area contributed by atoms with E-state index in [-0.39, 0.29) is 18.0 Å². The summed E-state index contributed by atoms with van der Waals surface area (Å²) >= 11 is 0. The summed E-state index contributed by atoms with van der Waals surface area (Å²) in [4.78, 5) is 28.4. The smallest absolute Gasteiger partial charge is 0.269 e. The van der Waals surface area contributed by atoms with Crippen molar-refractivity contribution in [3.8, 4) is 17.2 Å². The lowest BCUT2D eigenvalue weighted by Crippen LogP contribution is -2.22. The van der Waals surface area contributed by atoms with E-state index in [1.54, 1.807) is 24.3 Å². The Hall–Kier alpha value is -4.46. The molecule has 1 aliphatic heterocycles. The summed E-state index contributed by atoms with van der Waals surface area (Å²) in [5, 5.41) is 11.5. The van der Waals surface area contributed by atoms with Gasteiger partial charge in [-0.2, -0.15) is 0 Å². The number of nitro groups is 1. The summed E-state index contributed by atoms with van der Waals surface area (Å²) in [7, 11) is 0. The number of non-ortho nitro benzene ring substituents is 1. The molecule has 0 amide bonds. The van der Waals surface area contributed by atoms with Crippen LogP contribution in [0, 0.1) is 10.1 Å². The van der Waals surface area contributed by atoms with Gasteiger partial charge in [-0.05, 0) is 48.0 Å². The molecule has 0 saturated heterocycles. The zero-order valence-corrected chi connectivity index (χ0v) is 16.1. The summed E-state index contributed by atoms with van der Waals surface area (Å²) in [6.45, 7) is 0.189. The molecule has 31 heavy (non-hydrogen) atoms. The fraction of sp³-hybridized carbons (Fsp3) is 0.0435. The fourth-order valence-electron chi connectivity index (χ4n) is 3.42. The maximum absolute atomic E-state index is 13.3. The van der Waals surface area contributed by atoms with E-state index in [2.05, 4.69) is 4.98 Å². The van der Waals surface area contributed by atoms with Crippen LogP contribution in [0.2, 0.25) is 0 Å². The van der Waals surface area contributed by atoms with E-state index in [4.69, 9.17) is 9.47 Å². The van der Waals surface area contributed by atoms with Gasteiger partial charge in [0.1, 0.15) is 5.82 Å². The Morgan fingerprint density at radius 3 is 2.55 bits per heavy atom. The Balaban J connectivity index is 1.65. The van der Waals surface area contributed by atoms with Crippen molar-refractivity contribution in [2.24, 2.45) is 0 Å². The highest BCUT2D eigenvalue weighted by atomic mass is 16.7. The molecular weight excluding hydrogens is 398 g/mol. The van der Waals surface area contributed by atoms with E-state index in [0.29, 0.717) is 33.9 Å². The van der Waals surface area contributed by atoms with Crippen LogP contribution in [0.5, 0.6) is 11.5 Å². The number of ether oxygens (including phenoxy) is 2. The molecule has 2 heterocycles. The van der Waals surface area contributed by atoms with E-state index in [0.717, 1.165) is 5.56 Å². The molecule has 0 radical (unpaired) electrons. The van der Waals surface area contributed by atoms with Crippen molar-refractivity contribution in [1.82, 2.24) is 9.55 Å². The van der Waals surface area contributed by atoms with Gasteiger partial charge in [0.05, 0.1) is 21.5 Å². The summed E-state index contributed by atoms with van der Waals surface area (Å²) in [6.07, 6.45) is 3.55. The predicted molar refractivity (Wildman–Crippen MR) is 115 cm³/mol. The molecule has 0 atom stereocenters. The first-order valence-corrected chi connectivity index (χ1v) is 9.44. The van der Waals surface area contributed by atoms with Crippen LogP contribution in [0.1, 0.15) is 11.4 Å². The number of benzene rings is 3. The molecule has 0 unspecified atom stereocenters. The molecular formula is C23H15N3O5. The topological polar surface area (TPSA) is 96.5 Å². The van der Waals surface area contributed by atoms with Gasteiger partial charge in [0.15, 0.2) is 11.5 Å². The molecule has 0 N–H and O–H groups in total. The maximum atomic E-state index is 13.3. The zero-order valence-electron chi connectivity index (χ0n) is 16.1. The molecule has 4 aromatic rings. The van der Waals surface area contributed by atoms with Crippen LogP contribution in [0.25, 0.3) is 28.7 Å². The number of para-hydroxylation sites is 1. The normalized spacial score (nSPS) is 12.5. The van der Waals surface area contributed by atoms with Crippen molar-refractivity contribution in [2.75, 3.05) is 6.79 Å². The first kappa shape index (κ1) is 18.6. The number of aromatic nitrogens is 2. The minimum Gasteiger partial charge on any atom is -0.454 e. The van der Waals surface area contributed by atoms with Crippen molar-refractivity contribution in [1.29, 1.82) is 0 Å². The summed E-state index contributed by atoms with van der Waals surface area (Å²) in [5.41, 5.74) is 1.59. The second-order valence-electron chi connectivity index (χ2n) is 6.85. The Labute approximate surface area is 175 Å². The predicted octanol–water partition coefficient (Wildman–Crippen LogP) is 4.19. The minimum atomic E-state index is -0.481. The van der Waals surface area contributed by atoms with Crippen LogP contribution in [0.15, 0.2) is 71.5 Å². The van der Waals surface area contributed by atoms with Gasteiger partial charge in [-0.1, -0.05) is 24.3 Å². The van der Waals surface area contributed by atoms with Gasteiger partial charge in [-0.3, -0.25) is 19.5 Å². The molecule has 3 aromatic carbocycles. The molecule has 1 aromatic heterocycles. The van der Waals surface area contributed by atoms with Gasteiger partial charge in [0.25, 0.3) is 11.2 Å². The molecule has 8 nitrogen and oxygen atoms in total. The van der Waals surface area contributed by atoms with E-state index in [1.165, 1.54) is 28.8 Å². The first-order chi connectivity index (χ1) is 15.1. The Kier molecular flexibility index (Phi) is 4.44. The van der Waals surface area contributed by atoms with Crippen molar-refractivity contribution in [2.45, 2.75) is 0 Å². The molecule has 8 heteroatoms. The average Bonchev–Trinajstić information content (AvgIpc) is 3.26. The molecule has 0 saturated carbocycles. The van der Waals surface area contributed by atoms with E-state index in [9.17, 15) is 14.9 Å². The van der Waals surface area contributed by atoms with Crippen LogP contribution in [-0.2, 0) is 0 Å². The summed E-state index contributed by atoms with van der Waals surface area (Å²) in [5.74, 6) is 1.74. The number of nitrogens with zero attached hydrogens (tertiary/aromatic N) is 3. The number of rotatable bonds is 4. The third-order valence-corrected chi connectivity index (χ3v) is 4.94. The van der Waals surface area contributed by atoms with Gasteiger partial charge < -0.3 is 9.47 Å². The molecule has 152 valence electrons.